The maximum Gasteiger partial charge on any atom is 0.161 e. The Bertz CT molecular complexity index is 419. The zero-order valence-electron chi connectivity index (χ0n) is 12.9. The second kappa shape index (κ2) is 8.87. The van der Waals surface area contributed by atoms with Crippen LogP contribution in [-0.2, 0) is 16.0 Å². The van der Waals surface area contributed by atoms with Crippen LogP contribution in [0.2, 0.25) is 0 Å². The number of ether oxygens (including phenoxy) is 4. The molecule has 0 aromatic heterocycles. The molecule has 1 unspecified atom stereocenters. The van der Waals surface area contributed by atoms with Crippen molar-refractivity contribution in [3.8, 4) is 11.5 Å². The fraction of sp³-hybridized carbons (Fsp3) is 0.625. The molecule has 0 amide bonds. The quantitative estimate of drug-likeness (QED) is 0.706. The molecule has 0 saturated carbocycles. The molecule has 1 saturated heterocycles. The molecule has 1 N–H and O–H groups in total. The molecule has 1 aromatic carbocycles. The first-order valence-electron chi connectivity index (χ1n) is 7.53. The Morgan fingerprint density at radius 3 is 2.95 bits per heavy atom. The third-order valence-corrected chi connectivity index (χ3v) is 3.30. The van der Waals surface area contributed by atoms with Gasteiger partial charge in [0.15, 0.2) is 11.5 Å². The minimum atomic E-state index is 0.134. The van der Waals surface area contributed by atoms with Gasteiger partial charge in [0, 0.05) is 26.6 Å². The summed E-state index contributed by atoms with van der Waals surface area (Å²) in [6.07, 6.45) is 1.07. The van der Waals surface area contributed by atoms with Gasteiger partial charge in [-0.2, -0.15) is 0 Å². The fourth-order valence-electron chi connectivity index (χ4n) is 2.22. The van der Waals surface area contributed by atoms with Gasteiger partial charge in [-0.15, -0.1) is 0 Å². The molecule has 1 aliphatic rings. The van der Waals surface area contributed by atoms with Gasteiger partial charge in [-0.25, -0.2) is 0 Å². The number of benzene rings is 1. The zero-order chi connectivity index (χ0) is 14.9. The maximum atomic E-state index is 5.97. The SMILES string of the molecule is CCOc1cc(CNCCOC)ccc1OC1CCOC1. The van der Waals surface area contributed by atoms with Crippen molar-refractivity contribution in [2.45, 2.75) is 26.0 Å². The predicted molar refractivity (Wildman–Crippen MR) is 81.0 cm³/mol. The predicted octanol–water partition coefficient (Wildman–Crippen LogP) is 1.99. The van der Waals surface area contributed by atoms with Crippen molar-refractivity contribution >= 4 is 0 Å². The van der Waals surface area contributed by atoms with Gasteiger partial charge >= 0.3 is 0 Å². The summed E-state index contributed by atoms with van der Waals surface area (Å²) in [5.41, 5.74) is 1.17. The molecule has 2 rings (SSSR count). The Hall–Kier alpha value is -1.30. The van der Waals surface area contributed by atoms with Crippen LogP contribution in [0.1, 0.15) is 18.9 Å². The van der Waals surface area contributed by atoms with Gasteiger partial charge < -0.3 is 24.3 Å². The molecule has 118 valence electrons. The second-order valence-electron chi connectivity index (χ2n) is 4.99. The highest BCUT2D eigenvalue weighted by molar-refractivity contribution is 5.43. The van der Waals surface area contributed by atoms with Gasteiger partial charge in [-0.05, 0) is 24.6 Å². The van der Waals surface area contributed by atoms with Gasteiger partial charge in [-0.1, -0.05) is 6.07 Å². The number of methoxy groups -OCH3 is 1. The molecule has 1 atom stereocenters. The largest absolute Gasteiger partial charge is 0.490 e. The maximum absolute atomic E-state index is 5.97. The summed E-state index contributed by atoms with van der Waals surface area (Å²) in [5.74, 6) is 1.60. The topological polar surface area (TPSA) is 49.0 Å². The third kappa shape index (κ3) is 5.19. The van der Waals surface area contributed by atoms with E-state index in [0.29, 0.717) is 19.8 Å². The van der Waals surface area contributed by atoms with Crippen LogP contribution < -0.4 is 14.8 Å². The Kier molecular flexibility index (Phi) is 6.79. The van der Waals surface area contributed by atoms with E-state index in [-0.39, 0.29) is 6.10 Å². The standard InChI is InChI=1S/C16H25NO4/c1-3-20-16-10-13(11-17-7-9-18-2)4-5-15(16)21-14-6-8-19-12-14/h4-5,10,14,17H,3,6-9,11-12H2,1-2H3. The van der Waals surface area contributed by atoms with Crippen LogP contribution in [0, 0.1) is 0 Å². The normalized spacial score (nSPS) is 17.9. The van der Waals surface area contributed by atoms with Crippen LogP contribution in [-0.4, -0.2) is 46.2 Å². The minimum absolute atomic E-state index is 0.134. The lowest BCUT2D eigenvalue weighted by atomic mass is 10.2. The van der Waals surface area contributed by atoms with Gasteiger partial charge in [0.25, 0.3) is 0 Å². The zero-order valence-corrected chi connectivity index (χ0v) is 12.9. The Labute approximate surface area is 126 Å². The lowest BCUT2D eigenvalue weighted by molar-refractivity contribution is 0.138. The molecule has 0 bridgehead atoms. The van der Waals surface area contributed by atoms with Crippen molar-refractivity contribution in [3.63, 3.8) is 0 Å². The van der Waals surface area contributed by atoms with E-state index in [2.05, 4.69) is 11.4 Å². The molecular weight excluding hydrogens is 270 g/mol. The average molecular weight is 295 g/mol. The van der Waals surface area contributed by atoms with Crippen molar-refractivity contribution < 1.29 is 18.9 Å². The van der Waals surface area contributed by atoms with Gasteiger partial charge in [0.05, 0.1) is 26.4 Å². The summed E-state index contributed by atoms with van der Waals surface area (Å²) in [5, 5.41) is 3.32. The molecule has 1 aliphatic heterocycles. The van der Waals surface area contributed by atoms with Crippen molar-refractivity contribution in [3.05, 3.63) is 23.8 Å². The highest BCUT2D eigenvalue weighted by Gasteiger charge is 2.19. The highest BCUT2D eigenvalue weighted by atomic mass is 16.6. The highest BCUT2D eigenvalue weighted by Crippen LogP contribution is 2.30. The second-order valence-corrected chi connectivity index (χ2v) is 4.99. The van der Waals surface area contributed by atoms with E-state index in [9.17, 15) is 0 Å². The number of rotatable bonds is 9. The molecule has 21 heavy (non-hydrogen) atoms. The summed E-state index contributed by atoms with van der Waals surface area (Å²) < 4.78 is 22.0. The summed E-state index contributed by atoms with van der Waals surface area (Å²) >= 11 is 0. The van der Waals surface area contributed by atoms with Crippen LogP contribution >= 0.6 is 0 Å². The number of hydrogen-bond acceptors (Lipinski definition) is 5. The lowest BCUT2D eigenvalue weighted by Gasteiger charge is -2.16. The van der Waals surface area contributed by atoms with Gasteiger partial charge in [0.1, 0.15) is 6.10 Å². The molecule has 0 aliphatic carbocycles. The van der Waals surface area contributed by atoms with Gasteiger partial charge in [0.2, 0.25) is 0 Å². The minimum Gasteiger partial charge on any atom is -0.490 e. The average Bonchev–Trinajstić information content (AvgIpc) is 2.99. The Morgan fingerprint density at radius 2 is 2.24 bits per heavy atom. The molecule has 1 fully saturated rings. The van der Waals surface area contributed by atoms with E-state index >= 15 is 0 Å². The monoisotopic (exact) mass is 295 g/mol. The van der Waals surface area contributed by atoms with Crippen LogP contribution in [0.15, 0.2) is 18.2 Å². The molecule has 5 heteroatoms. The summed E-state index contributed by atoms with van der Waals surface area (Å²) in [6.45, 7) is 6.36. The Balaban J connectivity index is 1.96. The smallest absolute Gasteiger partial charge is 0.161 e. The molecule has 5 nitrogen and oxygen atoms in total. The summed E-state index contributed by atoms with van der Waals surface area (Å²) in [4.78, 5) is 0. The van der Waals surface area contributed by atoms with Crippen molar-refractivity contribution in [1.82, 2.24) is 5.32 Å². The van der Waals surface area contributed by atoms with E-state index in [1.54, 1.807) is 7.11 Å². The lowest BCUT2D eigenvalue weighted by Crippen LogP contribution is -2.19. The van der Waals surface area contributed by atoms with Crippen LogP contribution in [0.4, 0.5) is 0 Å². The molecule has 1 aromatic rings. The van der Waals surface area contributed by atoms with E-state index in [1.165, 1.54) is 5.56 Å². The van der Waals surface area contributed by atoms with Crippen molar-refractivity contribution in [1.29, 1.82) is 0 Å². The van der Waals surface area contributed by atoms with E-state index in [4.69, 9.17) is 18.9 Å². The van der Waals surface area contributed by atoms with Gasteiger partial charge in [-0.3, -0.25) is 0 Å². The molecule has 1 heterocycles. The summed E-state index contributed by atoms with van der Waals surface area (Å²) in [7, 11) is 1.70. The first-order valence-corrected chi connectivity index (χ1v) is 7.53. The first kappa shape index (κ1) is 16.1. The van der Waals surface area contributed by atoms with E-state index in [1.807, 2.05) is 19.1 Å². The van der Waals surface area contributed by atoms with Crippen molar-refractivity contribution in [2.24, 2.45) is 0 Å². The fourth-order valence-corrected chi connectivity index (χ4v) is 2.22. The molecule has 0 spiro atoms. The number of hydrogen-bond donors (Lipinski definition) is 1. The van der Waals surface area contributed by atoms with Crippen molar-refractivity contribution in [2.75, 3.05) is 40.1 Å². The summed E-state index contributed by atoms with van der Waals surface area (Å²) in [6, 6.07) is 6.08. The first-order chi connectivity index (χ1) is 10.3. The molecular formula is C16H25NO4. The molecule has 0 radical (unpaired) electrons. The van der Waals surface area contributed by atoms with E-state index < -0.39 is 0 Å². The number of nitrogens with one attached hydrogen (secondary N) is 1. The van der Waals surface area contributed by atoms with E-state index in [0.717, 1.165) is 37.6 Å². The van der Waals surface area contributed by atoms with Crippen LogP contribution in [0.25, 0.3) is 0 Å². The Morgan fingerprint density at radius 1 is 1.33 bits per heavy atom. The van der Waals surface area contributed by atoms with Crippen LogP contribution in [0.3, 0.4) is 0 Å². The van der Waals surface area contributed by atoms with Crippen LogP contribution in [0.5, 0.6) is 11.5 Å². The third-order valence-electron chi connectivity index (χ3n) is 3.30.